The first-order valence-electron chi connectivity index (χ1n) is 8.79. The molecule has 2 aromatic rings. The number of fused-ring (bicyclic) bond motifs is 1. The number of aromatic nitrogens is 1. The van der Waals surface area contributed by atoms with Crippen molar-refractivity contribution in [3.63, 3.8) is 0 Å². The van der Waals surface area contributed by atoms with Crippen LogP contribution in [-0.4, -0.2) is 34.4 Å². The maximum Gasteiger partial charge on any atom is 0.307 e. The van der Waals surface area contributed by atoms with Crippen LogP contribution in [-0.2, 0) is 25.7 Å². The van der Waals surface area contributed by atoms with Crippen LogP contribution in [0.25, 0.3) is 11.5 Å². The second-order valence-electron chi connectivity index (χ2n) is 6.55. The fourth-order valence-electron chi connectivity index (χ4n) is 3.43. The number of furan rings is 1. The lowest BCUT2D eigenvalue weighted by Gasteiger charge is -2.14. The van der Waals surface area contributed by atoms with Crippen molar-refractivity contribution in [1.82, 2.24) is 10.1 Å². The summed E-state index contributed by atoms with van der Waals surface area (Å²) < 4.78 is 15.5. The van der Waals surface area contributed by atoms with Crippen molar-refractivity contribution in [2.75, 3.05) is 6.54 Å². The summed E-state index contributed by atoms with van der Waals surface area (Å²) in [6.07, 6.45) is 6.50. The van der Waals surface area contributed by atoms with Crippen LogP contribution in [0.3, 0.4) is 0 Å². The molecule has 3 heterocycles. The minimum Gasteiger partial charge on any atom is -0.461 e. The molecule has 0 radical (unpaired) electrons. The molecule has 2 aromatic heterocycles. The Balaban J connectivity index is 1.27. The molecule has 0 aromatic carbocycles. The topological polar surface area (TPSA) is 103 Å². The summed E-state index contributed by atoms with van der Waals surface area (Å²) in [5.74, 6) is -0.491. The monoisotopic (exact) mass is 370 g/mol. The van der Waals surface area contributed by atoms with Gasteiger partial charge in [0.2, 0.25) is 17.6 Å². The Morgan fingerprint density at radius 1 is 1.19 bits per heavy atom. The molecule has 1 aliphatic heterocycles. The number of allylic oxidation sites excluding steroid dienone is 2. The first-order chi connectivity index (χ1) is 13.1. The standard InChI is InChI=1S/C19H18N2O6/c22-17(26-11-12-10-16(27-20-12)15-6-3-9-25-15)7-8-21-18(23)13-4-1-2-5-14(13)19(21)24/h1-3,6,9-10,13-14H,4-5,7-8,11H2/t13-,14+. The minimum absolute atomic E-state index is 0.0416. The number of ether oxygens (including phenoxy) is 1. The van der Waals surface area contributed by atoms with E-state index < -0.39 is 5.97 Å². The number of hydrogen-bond donors (Lipinski definition) is 0. The number of rotatable bonds is 6. The van der Waals surface area contributed by atoms with Crippen LogP contribution in [0.2, 0.25) is 0 Å². The van der Waals surface area contributed by atoms with E-state index in [2.05, 4.69) is 5.16 Å². The van der Waals surface area contributed by atoms with Crippen LogP contribution in [0.15, 0.2) is 45.6 Å². The molecule has 1 saturated heterocycles. The van der Waals surface area contributed by atoms with E-state index in [0.717, 1.165) is 0 Å². The van der Waals surface area contributed by atoms with Crippen molar-refractivity contribution in [1.29, 1.82) is 0 Å². The quantitative estimate of drug-likeness (QED) is 0.437. The van der Waals surface area contributed by atoms with E-state index in [0.29, 0.717) is 30.1 Å². The fraction of sp³-hybridized carbons (Fsp3) is 0.368. The first kappa shape index (κ1) is 17.3. The van der Waals surface area contributed by atoms with Crippen molar-refractivity contribution < 1.29 is 28.1 Å². The number of amides is 2. The van der Waals surface area contributed by atoms with Gasteiger partial charge < -0.3 is 13.7 Å². The normalized spacial score (nSPS) is 21.6. The van der Waals surface area contributed by atoms with E-state index in [9.17, 15) is 14.4 Å². The van der Waals surface area contributed by atoms with Gasteiger partial charge in [0, 0.05) is 12.6 Å². The number of carbonyl (C=O) groups excluding carboxylic acids is 3. The van der Waals surface area contributed by atoms with Gasteiger partial charge in [-0.05, 0) is 25.0 Å². The van der Waals surface area contributed by atoms with Crippen LogP contribution >= 0.6 is 0 Å². The average molecular weight is 370 g/mol. The summed E-state index contributed by atoms with van der Waals surface area (Å²) in [7, 11) is 0. The molecular formula is C19H18N2O6. The van der Waals surface area contributed by atoms with Crippen LogP contribution in [0, 0.1) is 11.8 Å². The number of likely N-dealkylation sites (tertiary alicyclic amines) is 1. The highest BCUT2D eigenvalue weighted by Gasteiger charge is 2.46. The second kappa shape index (κ2) is 7.22. The highest BCUT2D eigenvalue weighted by molar-refractivity contribution is 6.05. The van der Waals surface area contributed by atoms with E-state index in [1.54, 1.807) is 18.2 Å². The summed E-state index contributed by atoms with van der Waals surface area (Å²) in [4.78, 5) is 37.9. The summed E-state index contributed by atoms with van der Waals surface area (Å²) >= 11 is 0. The Morgan fingerprint density at radius 3 is 2.59 bits per heavy atom. The smallest absolute Gasteiger partial charge is 0.307 e. The molecule has 0 N–H and O–H groups in total. The molecule has 0 bridgehead atoms. The Bertz CT molecular complexity index is 856. The Morgan fingerprint density at radius 2 is 1.93 bits per heavy atom. The van der Waals surface area contributed by atoms with Gasteiger partial charge in [0.25, 0.3) is 0 Å². The molecular weight excluding hydrogens is 352 g/mol. The summed E-state index contributed by atoms with van der Waals surface area (Å²) in [6.45, 7) is -0.0138. The third-order valence-electron chi connectivity index (χ3n) is 4.84. The van der Waals surface area contributed by atoms with Crippen molar-refractivity contribution >= 4 is 17.8 Å². The molecule has 8 heteroatoms. The van der Waals surface area contributed by atoms with Crippen LogP contribution < -0.4 is 0 Å². The number of imide groups is 1. The number of nitrogens with zero attached hydrogens (tertiary/aromatic N) is 2. The van der Waals surface area contributed by atoms with E-state index in [-0.39, 0.29) is 43.2 Å². The van der Waals surface area contributed by atoms with E-state index >= 15 is 0 Å². The molecule has 8 nitrogen and oxygen atoms in total. The molecule has 2 aliphatic rings. The van der Waals surface area contributed by atoms with Crippen LogP contribution in [0.4, 0.5) is 0 Å². The SMILES string of the molecule is O=C(CCN1C(=O)[C@H]2CC=CC[C@H]2C1=O)OCc1cc(-c2ccco2)on1. The Labute approximate surface area is 154 Å². The summed E-state index contributed by atoms with van der Waals surface area (Å²) in [5.41, 5.74) is 0.445. The van der Waals surface area contributed by atoms with Gasteiger partial charge in [-0.15, -0.1) is 0 Å². The highest BCUT2D eigenvalue weighted by atomic mass is 16.5. The summed E-state index contributed by atoms with van der Waals surface area (Å²) in [5, 5.41) is 3.82. The van der Waals surface area contributed by atoms with Crippen LogP contribution in [0.1, 0.15) is 25.0 Å². The second-order valence-corrected chi connectivity index (χ2v) is 6.55. The molecule has 0 spiro atoms. The number of carbonyl (C=O) groups is 3. The minimum atomic E-state index is -0.508. The van der Waals surface area contributed by atoms with Gasteiger partial charge in [-0.1, -0.05) is 17.3 Å². The lowest BCUT2D eigenvalue weighted by atomic mass is 9.85. The van der Waals surface area contributed by atoms with Crippen LogP contribution in [0.5, 0.6) is 0 Å². The highest BCUT2D eigenvalue weighted by Crippen LogP contribution is 2.35. The van der Waals surface area contributed by atoms with Gasteiger partial charge in [-0.25, -0.2) is 0 Å². The lowest BCUT2D eigenvalue weighted by Crippen LogP contribution is -2.33. The molecule has 27 heavy (non-hydrogen) atoms. The maximum atomic E-state index is 12.3. The van der Waals surface area contributed by atoms with Crippen molar-refractivity contribution in [3.05, 3.63) is 42.3 Å². The Kier molecular flexibility index (Phi) is 4.62. The van der Waals surface area contributed by atoms with Gasteiger partial charge in [-0.3, -0.25) is 19.3 Å². The predicted molar refractivity (Wildman–Crippen MR) is 90.7 cm³/mol. The lowest BCUT2D eigenvalue weighted by molar-refractivity contribution is -0.146. The average Bonchev–Trinajstić information content (AvgIpc) is 3.41. The molecule has 140 valence electrons. The van der Waals surface area contributed by atoms with Crippen molar-refractivity contribution in [2.45, 2.75) is 25.9 Å². The van der Waals surface area contributed by atoms with E-state index in [1.807, 2.05) is 12.2 Å². The molecule has 2 atom stereocenters. The zero-order valence-electron chi connectivity index (χ0n) is 14.5. The zero-order chi connectivity index (χ0) is 18.8. The summed E-state index contributed by atoms with van der Waals surface area (Å²) in [6, 6.07) is 5.08. The maximum absolute atomic E-state index is 12.3. The number of hydrogen-bond acceptors (Lipinski definition) is 7. The molecule has 0 unspecified atom stereocenters. The van der Waals surface area contributed by atoms with Gasteiger partial charge in [-0.2, -0.15) is 0 Å². The van der Waals surface area contributed by atoms with Crippen molar-refractivity contribution in [3.8, 4) is 11.5 Å². The zero-order valence-corrected chi connectivity index (χ0v) is 14.5. The molecule has 2 amide bonds. The Hall–Kier alpha value is -3.16. The van der Waals surface area contributed by atoms with E-state index in [1.165, 1.54) is 11.2 Å². The molecule has 0 saturated carbocycles. The molecule has 1 fully saturated rings. The van der Waals surface area contributed by atoms with E-state index in [4.69, 9.17) is 13.7 Å². The fourth-order valence-corrected chi connectivity index (χ4v) is 3.43. The first-order valence-corrected chi connectivity index (χ1v) is 8.79. The predicted octanol–water partition coefficient (Wildman–Crippen LogP) is 2.32. The van der Waals surface area contributed by atoms with Gasteiger partial charge in [0.15, 0.2) is 5.76 Å². The largest absolute Gasteiger partial charge is 0.461 e. The number of esters is 1. The van der Waals surface area contributed by atoms with Gasteiger partial charge in [0.05, 0.1) is 24.5 Å². The third kappa shape index (κ3) is 3.42. The molecule has 1 aliphatic carbocycles. The van der Waals surface area contributed by atoms with Crippen molar-refractivity contribution in [2.24, 2.45) is 11.8 Å². The molecule has 4 rings (SSSR count). The van der Waals surface area contributed by atoms with Gasteiger partial charge >= 0.3 is 5.97 Å². The third-order valence-corrected chi connectivity index (χ3v) is 4.84. The van der Waals surface area contributed by atoms with Gasteiger partial charge in [0.1, 0.15) is 12.3 Å².